The van der Waals surface area contributed by atoms with Crippen molar-refractivity contribution >= 4 is 5.69 Å². The smallest absolute Gasteiger partial charge is 0.119 e. The Labute approximate surface area is 127 Å². The van der Waals surface area contributed by atoms with Crippen molar-refractivity contribution in [3.05, 3.63) is 41.7 Å². The van der Waals surface area contributed by atoms with Gasteiger partial charge in [-0.15, -0.1) is 0 Å². The van der Waals surface area contributed by atoms with E-state index in [1.54, 1.807) is 0 Å². The second kappa shape index (κ2) is 7.16. The first kappa shape index (κ1) is 15.4. The van der Waals surface area contributed by atoms with Gasteiger partial charge in [-0.3, -0.25) is 4.68 Å². The average molecular weight is 287 g/mol. The van der Waals surface area contributed by atoms with Crippen LogP contribution in [0.15, 0.2) is 30.5 Å². The Morgan fingerprint density at radius 3 is 2.81 bits per heavy atom. The van der Waals surface area contributed by atoms with E-state index in [-0.39, 0.29) is 0 Å². The Morgan fingerprint density at radius 2 is 2.14 bits per heavy atom. The number of ether oxygens (including phenoxy) is 1. The van der Waals surface area contributed by atoms with Gasteiger partial charge in [0.1, 0.15) is 5.75 Å². The second-order valence-corrected chi connectivity index (χ2v) is 5.69. The summed E-state index contributed by atoms with van der Waals surface area (Å²) in [5.74, 6) is 1.47. The van der Waals surface area contributed by atoms with E-state index in [4.69, 9.17) is 4.74 Å². The van der Waals surface area contributed by atoms with Crippen molar-refractivity contribution in [2.24, 2.45) is 5.92 Å². The van der Waals surface area contributed by atoms with Crippen LogP contribution in [0.1, 0.15) is 32.0 Å². The number of hydrogen-bond donors (Lipinski definition) is 1. The molecule has 0 aliphatic carbocycles. The van der Waals surface area contributed by atoms with Gasteiger partial charge in [0.15, 0.2) is 0 Å². The molecule has 21 heavy (non-hydrogen) atoms. The van der Waals surface area contributed by atoms with Gasteiger partial charge >= 0.3 is 0 Å². The third-order valence-corrected chi connectivity index (χ3v) is 3.24. The highest BCUT2D eigenvalue weighted by Gasteiger charge is 2.04. The molecule has 1 aromatic heterocycles. The molecule has 2 rings (SSSR count). The zero-order chi connectivity index (χ0) is 15.2. The fraction of sp³-hybridized carbons (Fsp3) is 0.471. The molecule has 0 fully saturated rings. The minimum absolute atomic E-state index is 0.536. The SMILES string of the molecule is CCn1cc(NCc2cccc(OCC(C)C)c2)c(C)n1. The standard InChI is InChI=1S/C17H25N3O/c1-5-20-11-17(14(4)19-20)18-10-15-7-6-8-16(9-15)21-12-13(2)3/h6-9,11,13,18H,5,10,12H2,1-4H3. The Bertz CT molecular complexity index is 575. The van der Waals surface area contributed by atoms with Crippen molar-refractivity contribution in [1.29, 1.82) is 0 Å². The average Bonchev–Trinajstić information content (AvgIpc) is 2.84. The van der Waals surface area contributed by atoms with Gasteiger partial charge in [0.05, 0.1) is 18.0 Å². The van der Waals surface area contributed by atoms with Crippen molar-refractivity contribution in [1.82, 2.24) is 9.78 Å². The van der Waals surface area contributed by atoms with E-state index in [0.717, 1.165) is 36.8 Å². The van der Waals surface area contributed by atoms with Crippen LogP contribution in [0.25, 0.3) is 0 Å². The number of aryl methyl sites for hydroxylation is 2. The molecule has 1 heterocycles. The van der Waals surface area contributed by atoms with Crippen LogP contribution in [0.4, 0.5) is 5.69 Å². The summed E-state index contributed by atoms with van der Waals surface area (Å²) in [6, 6.07) is 8.24. The molecule has 4 nitrogen and oxygen atoms in total. The lowest BCUT2D eigenvalue weighted by atomic mass is 10.2. The Hall–Kier alpha value is -1.97. The monoisotopic (exact) mass is 287 g/mol. The Kier molecular flexibility index (Phi) is 5.26. The first-order chi connectivity index (χ1) is 10.1. The van der Waals surface area contributed by atoms with Gasteiger partial charge in [-0.2, -0.15) is 5.10 Å². The maximum Gasteiger partial charge on any atom is 0.119 e. The number of benzene rings is 1. The second-order valence-electron chi connectivity index (χ2n) is 5.69. The van der Waals surface area contributed by atoms with Crippen LogP contribution in [-0.4, -0.2) is 16.4 Å². The van der Waals surface area contributed by atoms with E-state index in [1.165, 1.54) is 5.56 Å². The molecule has 0 unspecified atom stereocenters. The van der Waals surface area contributed by atoms with Gasteiger partial charge in [0, 0.05) is 19.3 Å². The summed E-state index contributed by atoms with van der Waals surface area (Å²) in [6.45, 7) is 10.8. The summed E-state index contributed by atoms with van der Waals surface area (Å²) in [6.07, 6.45) is 2.05. The topological polar surface area (TPSA) is 39.1 Å². The van der Waals surface area contributed by atoms with E-state index in [2.05, 4.69) is 49.5 Å². The van der Waals surface area contributed by atoms with Gasteiger partial charge in [-0.25, -0.2) is 0 Å². The van der Waals surface area contributed by atoms with Crippen molar-refractivity contribution in [2.75, 3.05) is 11.9 Å². The fourth-order valence-corrected chi connectivity index (χ4v) is 2.06. The molecule has 0 saturated heterocycles. The number of anilines is 1. The summed E-state index contributed by atoms with van der Waals surface area (Å²) < 4.78 is 7.71. The van der Waals surface area contributed by atoms with Gasteiger partial charge in [0.2, 0.25) is 0 Å². The largest absolute Gasteiger partial charge is 0.493 e. The highest BCUT2D eigenvalue weighted by Crippen LogP contribution is 2.17. The predicted molar refractivity (Wildman–Crippen MR) is 86.7 cm³/mol. The number of aromatic nitrogens is 2. The zero-order valence-electron chi connectivity index (χ0n) is 13.4. The van der Waals surface area contributed by atoms with E-state index in [1.807, 2.05) is 23.7 Å². The molecule has 0 amide bonds. The number of nitrogens with one attached hydrogen (secondary N) is 1. The van der Waals surface area contributed by atoms with Crippen molar-refractivity contribution in [3.8, 4) is 5.75 Å². The van der Waals surface area contributed by atoms with Gasteiger partial charge in [-0.05, 0) is 37.5 Å². The van der Waals surface area contributed by atoms with E-state index in [9.17, 15) is 0 Å². The molecular weight excluding hydrogens is 262 g/mol. The quantitative estimate of drug-likeness (QED) is 0.840. The molecule has 0 saturated carbocycles. The Morgan fingerprint density at radius 1 is 1.33 bits per heavy atom. The van der Waals surface area contributed by atoms with Crippen molar-refractivity contribution in [2.45, 2.75) is 40.8 Å². The van der Waals surface area contributed by atoms with Crippen LogP contribution in [0.3, 0.4) is 0 Å². The fourth-order valence-electron chi connectivity index (χ4n) is 2.06. The maximum absolute atomic E-state index is 5.76. The molecule has 0 aliphatic rings. The molecule has 1 N–H and O–H groups in total. The number of rotatable bonds is 7. The van der Waals surface area contributed by atoms with Crippen molar-refractivity contribution < 1.29 is 4.74 Å². The highest BCUT2D eigenvalue weighted by atomic mass is 16.5. The van der Waals surface area contributed by atoms with Crippen LogP contribution < -0.4 is 10.1 Å². The van der Waals surface area contributed by atoms with Gasteiger partial charge in [-0.1, -0.05) is 26.0 Å². The molecule has 0 aliphatic heterocycles. The lowest BCUT2D eigenvalue weighted by Crippen LogP contribution is -2.05. The molecule has 0 bridgehead atoms. The molecular formula is C17H25N3O. The first-order valence-electron chi connectivity index (χ1n) is 7.58. The van der Waals surface area contributed by atoms with Crippen LogP contribution in [0.2, 0.25) is 0 Å². The highest BCUT2D eigenvalue weighted by molar-refractivity contribution is 5.46. The number of hydrogen-bond acceptors (Lipinski definition) is 3. The van der Waals surface area contributed by atoms with E-state index in [0.29, 0.717) is 5.92 Å². The maximum atomic E-state index is 5.76. The summed E-state index contributed by atoms with van der Waals surface area (Å²) in [5, 5.41) is 7.87. The van der Waals surface area contributed by atoms with Crippen LogP contribution in [-0.2, 0) is 13.1 Å². The lowest BCUT2D eigenvalue weighted by molar-refractivity contribution is 0.271. The van der Waals surface area contributed by atoms with Crippen LogP contribution >= 0.6 is 0 Å². The molecule has 0 atom stereocenters. The zero-order valence-corrected chi connectivity index (χ0v) is 13.4. The summed E-state index contributed by atoms with van der Waals surface area (Å²) >= 11 is 0. The van der Waals surface area contributed by atoms with Crippen LogP contribution in [0, 0.1) is 12.8 Å². The lowest BCUT2D eigenvalue weighted by Gasteiger charge is -2.10. The molecule has 4 heteroatoms. The first-order valence-corrected chi connectivity index (χ1v) is 7.58. The molecule has 0 radical (unpaired) electrons. The normalized spacial score (nSPS) is 10.9. The van der Waals surface area contributed by atoms with E-state index >= 15 is 0 Å². The molecule has 114 valence electrons. The molecule has 0 spiro atoms. The summed E-state index contributed by atoms with van der Waals surface area (Å²) in [5.41, 5.74) is 3.33. The molecule has 1 aromatic carbocycles. The third kappa shape index (κ3) is 4.52. The minimum Gasteiger partial charge on any atom is -0.493 e. The van der Waals surface area contributed by atoms with Crippen molar-refractivity contribution in [3.63, 3.8) is 0 Å². The summed E-state index contributed by atoms with van der Waals surface area (Å²) in [4.78, 5) is 0. The van der Waals surface area contributed by atoms with Gasteiger partial charge in [0.25, 0.3) is 0 Å². The Balaban J connectivity index is 1.96. The van der Waals surface area contributed by atoms with Gasteiger partial charge < -0.3 is 10.1 Å². The number of nitrogens with zero attached hydrogens (tertiary/aromatic N) is 2. The van der Waals surface area contributed by atoms with Crippen LogP contribution in [0.5, 0.6) is 5.75 Å². The molecule has 2 aromatic rings. The van der Waals surface area contributed by atoms with E-state index < -0.39 is 0 Å². The summed E-state index contributed by atoms with van der Waals surface area (Å²) in [7, 11) is 0. The third-order valence-electron chi connectivity index (χ3n) is 3.24. The minimum atomic E-state index is 0.536. The predicted octanol–water partition coefficient (Wildman–Crippen LogP) is 3.86.